The minimum absolute atomic E-state index is 0.211. The van der Waals surface area contributed by atoms with Gasteiger partial charge in [-0.3, -0.25) is 4.79 Å². The average Bonchev–Trinajstić information content (AvgIpc) is 2.74. The third-order valence-corrected chi connectivity index (χ3v) is 4.83. The summed E-state index contributed by atoms with van der Waals surface area (Å²) in [6, 6.07) is 10.6. The van der Waals surface area contributed by atoms with Crippen LogP contribution in [0.15, 0.2) is 35.2 Å². The second-order valence-corrected chi connectivity index (χ2v) is 6.91. The molecule has 2 unspecified atom stereocenters. The summed E-state index contributed by atoms with van der Waals surface area (Å²) in [4.78, 5) is 13.1. The zero-order valence-electron chi connectivity index (χ0n) is 11.6. The molecule has 1 aliphatic carbocycles. The molecule has 0 aliphatic heterocycles. The summed E-state index contributed by atoms with van der Waals surface area (Å²) in [6.07, 6.45) is 2.69. The number of rotatable bonds is 5. The fourth-order valence-corrected chi connectivity index (χ4v) is 4.07. The summed E-state index contributed by atoms with van der Waals surface area (Å²) in [5.41, 5.74) is 5.11. The van der Waals surface area contributed by atoms with E-state index in [-0.39, 0.29) is 11.9 Å². The van der Waals surface area contributed by atoms with Crippen LogP contribution in [0, 0.1) is 0 Å². The Morgan fingerprint density at radius 1 is 1.42 bits per heavy atom. The van der Waals surface area contributed by atoms with Crippen LogP contribution in [-0.4, -0.2) is 22.7 Å². The topological polar surface area (TPSA) is 55.1 Å². The fourth-order valence-electron chi connectivity index (χ4n) is 2.77. The first-order valence-corrected chi connectivity index (χ1v) is 7.69. The summed E-state index contributed by atoms with van der Waals surface area (Å²) in [6.45, 7) is 4.12. The zero-order chi connectivity index (χ0) is 13.9. The molecule has 0 bridgehead atoms. The van der Waals surface area contributed by atoms with Crippen molar-refractivity contribution in [3.8, 4) is 0 Å². The molecule has 0 spiro atoms. The van der Waals surface area contributed by atoms with Crippen LogP contribution >= 0.6 is 11.8 Å². The Balaban J connectivity index is 2.03. The molecule has 0 aromatic heterocycles. The van der Waals surface area contributed by atoms with Crippen LogP contribution < -0.4 is 11.1 Å². The van der Waals surface area contributed by atoms with Crippen LogP contribution in [0.5, 0.6) is 0 Å². The normalized spacial score (nSPS) is 26.8. The monoisotopic (exact) mass is 278 g/mol. The lowest BCUT2D eigenvalue weighted by Gasteiger charge is -2.29. The standard InChI is InChI=1S/C15H22N2OS/c1-11(2)17-15(14(16)18)9-8-13(10-15)19-12-6-4-3-5-7-12/h3-7,11,13,17H,8-10H2,1-2H3,(H2,16,18). The molecular formula is C15H22N2OS. The predicted molar refractivity (Wildman–Crippen MR) is 80.1 cm³/mol. The van der Waals surface area contributed by atoms with E-state index in [1.807, 2.05) is 30.0 Å². The molecule has 1 fully saturated rings. The molecule has 1 aromatic rings. The van der Waals surface area contributed by atoms with Gasteiger partial charge in [0.15, 0.2) is 0 Å². The lowest BCUT2D eigenvalue weighted by atomic mass is 9.96. The Labute approximate surface area is 119 Å². The molecule has 3 nitrogen and oxygen atoms in total. The number of primary amides is 1. The lowest BCUT2D eigenvalue weighted by Crippen LogP contribution is -2.56. The van der Waals surface area contributed by atoms with E-state index in [4.69, 9.17) is 5.73 Å². The van der Waals surface area contributed by atoms with Gasteiger partial charge in [0.05, 0.1) is 5.54 Å². The van der Waals surface area contributed by atoms with Crippen molar-refractivity contribution in [2.24, 2.45) is 5.73 Å². The first-order valence-electron chi connectivity index (χ1n) is 6.81. The molecule has 0 radical (unpaired) electrons. The molecule has 2 atom stereocenters. The maximum atomic E-state index is 11.8. The van der Waals surface area contributed by atoms with E-state index in [2.05, 4.69) is 31.3 Å². The van der Waals surface area contributed by atoms with Gasteiger partial charge in [0.25, 0.3) is 0 Å². The van der Waals surface area contributed by atoms with E-state index in [1.54, 1.807) is 0 Å². The van der Waals surface area contributed by atoms with E-state index in [0.717, 1.165) is 19.3 Å². The Bertz CT molecular complexity index is 435. The van der Waals surface area contributed by atoms with Gasteiger partial charge >= 0.3 is 0 Å². The molecule has 1 saturated carbocycles. The maximum absolute atomic E-state index is 11.8. The van der Waals surface area contributed by atoms with Crippen LogP contribution in [-0.2, 0) is 4.79 Å². The van der Waals surface area contributed by atoms with Crippen molar-refractivity contribution in [2.45, 2.75) is 54.8 Å². The van der Waals surface area contributed by atoms with Crippen molar-refractivity contribution in [3.63, 3.8) is 0 Å². The van der Waals surface area contributed by atoms with E-state index in [0.29, 0.717) is 5.25 Å². The highest BCUT2D eigenvalue weighted by Gasteiger charge is 2.44. The lowest BCUT2D eigenvalue weighted by molar-refractivity contribution is -0.124. The molecule has 3 N–H and O–H groups in total. The summed E-state index contributed by atoms with van der Waals surface area (Å²) < 4.78 is 0. The van der Waals surface area contributed by atoms with Crippen molar-refractivity contribution in [1.29, 1.82) is 0 Å². The molecule has 2 rings (SSSR count). The zero-order valence-corrected chi connectivity index (χ0v) is 12.4. The number of benzene rings is 1. The van der Waals surface area contributed by atoms with E-state index < -0.39 is 5.54 Å². The first kappa shape index (κ1) is 14.4. The van der Waals surface area contributed by atoms with Gasteiger partial charge in [0.2, 0.25) is 5.91 Å². The largest absolute Gasteiger partial charge is 0.368 e. The third kappa shape index (κ3) is 3.51. The molecule has 1 amide bonds. The SMILES string of the molecule is CC(C)NC1(C(N)=O)CCC(Sc2ccccc2)C1. The molecule has 1 aromatic carbocycles. The highest BCUT2D eigenvalue weighted by atomic mass is 32.2. The highest BCUT2D eigenvalue weighted by molar-refractivity contribution is 8.00. The van der Waals surface area contributed by atoms with Crippen LogP contribution in [0.2, 0.25) is 0 Å². The minimum atomic E-state index is -0.513. The highest BCUT2D eigenvalue weighted by Crippen LogP contribution is 2.40. The number of hydrogen-bond donors (Lipinski definition) is 2. The maximum Gasteiger partial charge on any atom is 0.237 e. The van der Waals surface area contributed by atoms with Gasteiger partial charge in [-0.05, 0) is 45.2 Å². The Morgan fingerprint density at radius 3 is 2.68 bits per heavy atom. The van der Waals surface area contributed by atoms with Gasteiger partial charge in [0, 0.05) is 16.2 Å². The number of amides is 1. The average molecular weight is 278 g/mol. The van der Waals surface area contributed by atoms with Crippen LogP contribution in [0.3, 0.4) is 0 Å². The Morgan fingerprint density at radius 2 is 2.11 bits per heavy atom. The van der Waals surface area contributed by atoms with Crippen molar-refractivity contribution < 1.29 is 4.79 Å². The second kappa shape index (κ2) is 5.97. The number of nitrogens with two attached hydrogens (primary N) is 1. The van der Waals surface area contributed by atoms with Gasteiger partial charge in [-0.2, -0.15) is 0 Å². The summed E-state index contributed by atoms with van der Waals surface area (Å²) in [5.74, 6) is -0.211. The molecule has 4 heteroatoms. The molecular weight excluding hydrogens is 256 g/mol. The van der Waals surface area contributed by atoms with Crippen molar-refractivity contribution >= 4 is 17.7 Å². The summed E-state index contributed by atoms with van der Waals surface area (Å²) in [5, 5.41) is 3.84. The third-order valence-electron chi connectivity index (χ3n) is 3.55. The van der Waals surface area contributed by atoms with Gasteiger partial charge in [-0.1, -0.05) is 18.2 Å². The van der Waals surface area contributed by atoms with E-state index in [9.17, 15) is 4.79 Å². The minimum Gasteiger partial charge on any atom is -0.368 e. The Kier molecular flexibility index (Phi) is 4.53. The van der Waals surface area contributed by atoms with Crippen LogP contribution in [0.4, 0.5) is 0 Å². The second-order valence-electron chi connectivity index (χ2n) is 5.54. The van der Waals surface area contributed by atoms with E-state index in [1.165, 1.54) is 4.90 Å². The molecule has 1 aliphatic rings. The van der Waals surface area contributed by atoms with E-state index >= 15 is 0 Å². The molecule has 0 saturated heterocycles. The first-order chi connectivity index (χ1) is 9.02. The predicted octanol–water partition coefficient (Wildman–Crippen LogP) is 2.55. The van der Waals surface area contributed by atoms with Crippen LogP contribution in [0.1, 0.15) is 33.1 Å². The fraction of sp³-hybridized carbons (Fsp3) is 0.533. The number of nitrogens with one attached hydrogen (secondary N) is 1. The summed E-state index contributed by atoms with van der Waals surface area (Å²) in [7, 11) is 0. The molecule has 104 valence electrons. The number of carbonyl (C=O) groups excluding carboxylic acids is 1. The van der Waals surface area contributed by atoms with Crippen molar-refractivity contribution in [2.75, 3.05) is 0 Å². The van der Waals surface area contributed by atoms with Crippen molar-refractivity contribution in [1.82, 2.24) is 5.32 Å². The van der Waals surface area contributed by atoms with Gasteiger partial charge in [-0.25, -0.2) is 0 Å². The number of thioether (sulfide) groups is 1. The van der Waals surface area contributed by atoms with Crippen LogP contribution in [0.25, 0.3) is 0 Å². The van der Waals surface area contributed by atoms with Crippen molar-refractivity contribution in [3.05, 3.63) is 30.3 Å². The van der Waals surface area contributed by atoms with Gasteiger partial charge in [0.1, 0.15) is 0 Å². The molecule has 0 heterocycles. The molecule has 19 heavy (non-hydrogen) atoms. The smallest absolute Gasteiger partial charge is 0.237 e. The van der Waals surface area contributed by atoms with Gasteiger partial charge < -0.3 is 11.1 Å². The Hall–Kier alpha value is -1.00. The number of carbonyl (C=O) groups is 1. The summed E-state index contributed by atoms with van der Waals surface area (Å²) >= 11 is 1.85. The van der Waals surface area contributed by atoms with Gasteiger partial charge in [-0.15, -0.1) is 11.8 Å². The number of hydrogen-bond acceptors (Lipinski definition) is 3. The quantitative estimate of drug-likeness (QED) is 0.870.